The van der Waals surface area contributed by atoms with Crippen LogP contribution in [0.3, 0.4) is 0 Å². The summed E-state index contributed by atoms with van der Waals surface area (Å²) in [7, 11) is 1.40. The van der Waals surface area contributed by atoms with Crippen molar-refractivity contribution >= 4 is 11.8 Å². The molecule has 3 nitrogen and oxygen atoms in total. The number of esters is 1. The molecule has 0 amide bonds. The summed E-state index contributed by atoms with van der Waals surface area (Å²) in [5, 5.41) is 0. The Bertz CT molecular complexity index is 506. The average molecular weight is 230 g/mol. The Morgan fingerprint density at radius 1 is 1.35 bits per heavy atom. The summed E-state index contributed by atoms with van der Waals surface area (Å²) in [6.07, 6.45) is 1.46. The molecule has 3 heteroatoms. The van der Waals surface area contributed by atoms with E-state index in [4.69, 9.17) is 4.74 Å². The van der Waals surface area contributed by atoms with Crippen LogP contribution in [0.5, 0.6) is 0 Å². The van der Waals surface area contributed by atoms with Crippen molar-refractivity contribution in [3.8, 4) is 0 Å². The van der Waals surface area contributed by atoms with Gasteiger partial charge in [0.1, 0.15) is 5.78 Å². The van der Waals surface area contributed by atoms with Gasteiger partial charge in [-0.05, 0) is 17.5 Å². The molecule has 0 spiro atoms. The quantitative estimate of drug-likeness (QED) is 0.691. The zero-order chi connectivity index (χ0) is 12.0. The lowest BCUT2D eigenvalue weighted by molar-refractivity contribution is -0.153. The molecule has 1 aromatic rings. The fourth-order valence-corrected chi connectivity index (χ4v) is 3.43. The van der Waals surface area contributed by atoms with E-state index in [2.05, 4.69) is 0 Å². The topological polar surface area (TPSA) is 43.4 Å². The monoisotopic (exact) mass is 230 g/mol. The number of benzene rings is 1. The SMILES string of the molecule is COC(=O)C12CC(=O)CC1c1ccccc1C2. The van der Waals surface area contributed by atoms with Crippen LogP contribution in [0.4, 0.5) is 0 Å². The second-order valence-corrected chi connectivity index (χ2v) is 5.00. The number of ether oxygens (including phenoxy) is 1. The summed E-state index contributed by atoms with van der Waals surface area (Å²) in [5.41, 5.74) is 1.73. The molecule has 0 N–H and O–H groups in total. The van der Waals surface area contributed by atoms with Crippen molar-refractivity contribution in [2.45, 2.75) is 25.2 Å². The maximum atomic E-state index is 12.1. The van der Waals surface area contributed by atoms with Gasteiger partial charge in [0, 0.05) is 18.8 Å². The first kappa shape index (κ1) is 10.5. The fraction of sp³-hybridized carbons (Fsp3) is 0.429. The van der Waals surface area contributed by atoms with E-state index in [0.717, 1.165) is 5.56 Å². The van der Waals surface area contributed by atoms with Crippen molar-refractivity contribution in [1.29, 1.82) is 0 Å². The molecule has 17 heavy (non-hydrogen) atoms. The Morgan fingerprint density at radius 2 is 2.12 bits per heavy atom. The lowest BCUT2D eigenvalue weighted by Gasteiger charge is -2.25. The minimum atomic E-state index is -0.616. The Hall–Kier alpha value is -1.64. The Kier molecular flexibility index (Phi) is 2.12. The van der Waals surface area contributed by atoms with Gasteiger partial charge in [0.05, 0.1) is 12.5 Å². The second kappa shape index (κ2) is 3.42. The number of Topliss-reactive ketones (excluding diaryl/α,β-unsaturated/α-hetero) is 1. The summed E-state index contributed by atoms with van der Waals surface area (Å²) < 4.78 is 4.93. The van der Waals surface area contributed by atoms with Crippen molar-refractivity contribution in [1.82, 2.24) is 0 Å². The highest BCUT2D eigenvalue weighted by atomic mass is 16.5. The number of carbonyl (C=O) groups is 2. The molecule has 2 atom stereocenters. The number of methoxy groups -OCH3 is 1. The molecule has 88 valence electrons. The molecule has 0 bridgehead atoms. The fourth-order valence-electron chi connectivity index (χ4n) is 3.43. The Balaban J connectivity index is 2.11. The van der Waals surface area contributed by atoms with Crippen LogP contribution in [-0.2, 0) is 20.7 Å². The first-order chi connectivity index (χ1) is 8.17. The molecular weight excluding hydrogens is 216 g/mol. The molecule has 2 aliphatic carbocycles. The van der Waals surface area contributed by atoms with Gasteiger partial charge in [0.2, 0.25) is 0 Å². The van der Waals surface area contributed by atoms with Gasteiger partial charge in [-0.2, -0.15) is 0 Å². The lowest BCUT2D eigenvalue weighted by atomic mass is 9.78. The van der Waals surface area contributed by atoms with Crippen molar-refractivity contribution in [2.75, 3.05) is 7.11 Å². The molecule has 3 rings (SSSR count). The van der Waals surface area contributed by atoms with Gasteiger partial charge >= 0.3 is 5.97 Å². The second-order valence-electron chi connectivity index (χ2n) is 5.00. The maximum Gasteiger partial charge on any atom is 0.313 e. The van der Waals surface area contributed by atoms with Crippen LogP contribution in [0, 0.1) is 5.41 Å². The maximum absolute atomic E-state index is 12.1. The number of ketones is 1. The van der Waals surface area contributed by atoms with E-state index >= 15 is 0 Å². The highest BCUT2D eigenvalue weighted by Gasteiger charge is 2.57. The smallest absolute Gasteiger partial charge is 0.313 e. The van der Waals surface area contributed by atoms with Crippen molar-refractivity contribution in [2.24, 2.45) is 5.41 Å². The van der Waals surface area contributed by atoms with Crippen LogP contribution in [0.15, 0.2) is 24.3 Å². The average Bonchev–Trinajstić information content (AvgIpc) is 2.80. The summed E-state index contributed by atoms with van der Waals surface area (Å²) >= 11 is 0. The molecule has 1 aromatic carbocycles. The van der Waals surface area contributed by atoms with Crippen LogP contribution in [0.2, 0.25) is 0 Å². The van der Waals surface area contributed by atoms with E-state index in [1.165, 1.54) is 12.7 Å². The van der Waals surface area contributed by atoms with Crippen molar-refractivity contribution < 1.29 is 14.3 Å². The van der Waals surface area contributed by atoms with E-state index in [1.807, 2.05) is 24.3 Å². The molecule has 1 saturated carbocycles. The van der Waals surface area contributed by atoms with Gasteiger partial charge in [-0.3, -0.25) is 9.59 Å². The molecule has 0 heterocycles. The number of fused-ring (bicyclic) bond motifs is 3. The molecule has 2 aliphatic rings. The molecular formula is C14H14O3. The highest BCUT2D eigenvalue weighted by molar-refractivity contribution is 5.94. The minimum Gasteiger partial charge on any atom is -0.469 e. The third-order valence-corrected chi connectivity index (χ3v) is 4.14. The number of carbonyl (C=O) groups excluding carboxylic acids is 2. The van der Waals surface area contributed by atoms with E-state index in [9.17, 15) is 9.59 Å². The standard InChI is InChI=1S/C14H14O3/c1-17-13(16)14-7-9-4-2-3-5-11(9)12(14)6-10(15)8-14/h2-5,12H,6-8H2,1H3. The van der Waals surface area contributed by atoms with E-state index < -0.39 is 5.41 Å². The third-order valence-electron chi connectivity index (χ3n) is 4.14. The van der Waals surface area contributed by atoms with Gasteiger partial charge in [-0.1, -0.05) is 24.3 Å². The first-order valence-corrected chi connectivity index (χ1v) is 5.85. The predicted octanol–water partition coefficient (Wildman–Crippen LogP) is 1.85. The van der Waals surface area contributed by atoms with Gasteiger partial charge in [0.25, 0.3) is 0 Å². The Morgan fingerprint density at radius 3 is 2.88 bits per heavy atom. The van der Waals surface area contributed by atoms with Gasteiger partial charge < -0.3 is 4.74 Å². The van der Waals surface area contributed by atoms with E-state index in [0.29, 0.717) is 19.3 Å². The molecule has 1 fully saturated rings. The third kappa shape index (κ3) is 1.28. The van der Waals surface area contributed by atoms with Gasteiger partial charge in [0.15, 0.2) is 0 Å². The highest BCUT2D eigenvalue weighted by Crippen LogP contribution is 2.56. The van der Waals surface area contributed by atoms with Crippen LogP contribution in [-0.4, -0.2) is 18.9 Å². The van der Waals surface area contributed by atoms with E-state index in [-0.39, 0.29) is 17.7 Å². The van der Waals surface area contributed by atoms with Gasteiger partial charge in [-0.15, -0.1) is 0 Å². The van der Waals surface area contributed by atoms with Crippen LogP contribution in [0.1, 0.15) is 29.9 Å². The van der Waals surface area contributed by atoms with E-state index in [1.54, 1.807) is 0 Å². The largest absolute Gasteiger partial charge is 0.469 e. The molecule has 2 unspecified atom stereocenters. The predicted molar refractivity (Wildman–Crippen MR) is 61.6 cm³/mol. The summed E-state index contributed by atoms with van der Waals surface area (Å²) in [4.78, 5) is 23.7. The lowest BCUT2D eigenvalue weighted by Crippen LogP contribution is -2.33. The number of rotatable bonds is 1. The normalized spacial score (nSPS) is 29.9. The molecule has 0 saturated heterocycles. The van der Waals surface area contributed by atoms with Crippen molar-refractivity contribution in [3.05, 3.63) is 35.4 Å². The number of hydrogen-bond donors (Lipinski definition) is 0. The molecule has 0 aromatic heterocycles. The Labute approximate surface area is 99.8 Å². The van der Waals surface area contributed by atoms with Crippen LogP contribution >= 0.6 is 0 Å². The minimum absolute atomic E-state index is 0.0265. The van der Waals surface area contributed by atoms with Crippen molar-refractivity contribution in [3.63, 3.8) is 0 Å². The zero-order valence-corrected chi connectivity index (χ0v) is 9.73. The van der Waals surface area contributed by atoms with Gasteiger partial charge in [-0.25, -0.2) is 0 Å². The number of hydrogen-bond acceptors (Lipinski definition) is 3. The first-order valence-electron chi connectivity index (χ1n) is 5.85. The molecule has 0 radical (unpaired) electrons. The zero-order valence-electron chi connectivity index (χ0n) is 9.73. The summed E-state index contributed by atoms with van der Waals surface area (Å²) in [5.74, 6) is -0.0295. The molecule has 0 aliphatic heterocycles. The summed E-state index contributed by atoms with van der Waals surface area (Å²) in [6, 6.07) is 8.02. The van der Waals surface area contributed by atoms with Crippen LogP contribution < -0.4 is 0 Å². The van der Waals surface area contributed by atoms with Crippen LogP contribution in [0.25, 0.3) is 0 Å². The summed E-state index contributed by atoms with van der Waals surface area (Å²) in [6.45, 7) is 0.